The predicted molar refractivity (Wildman–Crippen MR) is 34.6 cm³/mol. The fraction of sp³-hybridized carbons (Fsp3) is 0.500. The summed E-state index contributed by atoms with van der Waals surface area (Å²) in [6.45, 7) is 3.57. The molecule has 0 aromatic heterocycles. The summed E-state index contributed by atoms with van der Waals surface area (Å²) in [6.07, 6.45) is 1.87. The van der Waals surface area contributed by atoms with Crippen LogP contribution in [-0.2, 0) is 0 Å². The lowest BCUT2D eigenvalue weighted by atomic mass is 10.4. The van der Waals surface area contributed by atoms with E-state index >= 15 is 0 Å². The molecule has 0 saturated carbocycles. The third kappa shape index (κ3) is 2.51. The van der Waals surface area contributed by atoms with E-state index in [0.717, 1.165) is 0 Å². The molecule has 3 heteroatoms. The molecule has 0 aliphatic heterocycles. The van der Waals surface area contributed by atoms with E-state index < -0.39 is 0 Å². The van der Waals surface area contributed by atoms with E-state index in [1.54, 1.807) is 0 Å². The number of amidine groups is 1. The molecule has 0 fully saturated rings. The average molecular weight is 117 g/mol. The molecule has 1 atom stereocenters. The van der Waals surface area contributed by atoms with Gasteiger partial charge in [0.05, 0.1) is 5.25 Å². The van der Waals surface area contributed by atoms with E-state index in [1.165, 1.54) is 11.8 Å². The summed E-state index contributed by atoms with van der Waals surface area (Å²) in [6, 6.07) is 0. The van der Waals surface area contributed by atoms with Gasteiger partial charge >= 0.3 is 0 Å². The molecular weight excluding hydrogens is 108 g/mol. The molecule has 3 N–H and O–H groups in total. The van der Waals surface area contributed by atoms with Gasteiger partial charge in [0.2, 0.25) is 0 Å². The monoisotopic (exact) mass is 117 g/mol. The molecule has 0 amide bonds. The topological polar surface area (TPSA) is 49.9 Å². The largest absolute Gasteiger partial charge is 0.387 e. The van der Waals surface area contributed by atoms with Gasteiger partial charge in [-0.05, 0) is 13.2 Å². The van der Waals surface area contributed by atoms with E-state index in [2.05, 4.69) is 6.92 Å². The lowest BCUT2D eigenvalue weighted by molar-refractivity contribution is 1.33. The van der Waals surface area contributed by atoms with Crippen LogP contribution >= 0.6 is 11.8 Å². The van der Waals surface area contributed by atoms with Crippen molar-refractivity contribution in [1.29, 1.82) is 5.41 Å². The highest BCUT2D eigenvalue weighted by atomic mass is 32.2. The van der Waals surface area contributed by atoms with Gasteiger partial charge in [0.25, 0.3) is 0 Å². The first-order valence-electron chi connectivity index (χ1n) is 1.88. The van der Waals surface area contributed by atoms with E-state index in [4.69, 9.17) is 11.1 Å². The van der Waals surface area contributed by atoms with Crippen molar-refractivity contribution in [1.82, 2.24) is 0 Å². The molecule has 0 aliphatic carbocycles. The van der Waals surface area contributed by atoms with Gasteiger partial charge in [-0.3, -0.25) is 5.41 Å². The highest BCUT2D eigenvalue weighted by molar-refractivity contribution is 8.00. The maximum atomic E-state index is 6.79. The number of thioether (sulfide) groups is 1. The second-order valence-corrected chi connectivity index (χ2v) is 2.22. The Balaban J connectivity index is 3.34. The number of hydrogen-bond acceptors (Lipinski definition) is 2. The van der Waals surface area contributed by atoms with Crippen molar-refractivity contribution in [2.24, 2.45) is 5.73 Å². The number of rotatable bonds is 2. The second-order valence-electron chi connectivity index (χ2n) is 1.18. The number of nitrogens with two attached hydrogens (primary N) is 1. The Bertz CT molecular complexity index is 72.1. The molecule has 0 aliphatic rings. The molecule has 7 heavy (non-hydrogen) atoms. The van der Waals surface area contributed by atoms with Gasteiger partial charge in [-0.2, -0.15) is 11.8 Å². The maximum absolute atomic E-state index is 6.79. The first kappa shape index (κ1) is 6.82. The molecular formula is C4H9N2S. The summed E-state index contributed by atoms with van der Waals surface area (Å²) in [4.78, 5) is 0. The normalized spacial score (nSPS) is 13.4. The van der Waals surface area contributed by atoms with Gasteiger partial charge in [-0.15, -0.1) is 0 Å². The third-order valence-corrected chi connectivity index (χ3v) is 1.45. The first-order valence-corrected chi connectivity index (χ1v) is 3.17. The fourth-order valence-corrected chi connectivity index (χ4v) is 0.381. The summed E-state index contributed by atoms with van der Waals surface area (Å²) in [5.74, 6) is 0.146. The lowest BCUT2D eigenvalue weighted by Crippen LogP contribution is -2.21. The van der Waals surface area contributed by atoms with Crippen molar-refractivity contribution in [2.45, 2.75) is 5.25 Å². The molecule has 1 unspecified atom stereocenters. The Morgan fingerprint density at radius 3 is 2.43 bits per heavy atom. The minimum absolute atomic E-state index is 0.0694. The van der Waals surface area contributed by atoms with Crippen LogP contribution in [0.5, 0.6) is 0 Å². The minimum Gasteiger partial charge on any atom is -0.387 e. The summed E-state index contributed by atoms with van der Waals surface area (Å²) >= 11 is 1.47. The fourth-order valence-electron chi connectivity index (χ4n) is 0.127. The molecule has 0 rings (SSSR count). The van der Waals surface area contributed by atoms with Gasteiger partial charge in [0, 0.05) is 0 Å². The van der Waals surface area contributed by atoms with Gasteiger partial charge in [-0.1, -0.05) is 0 Å². The first-order chi connectivity index (χ1) is 3.18. The van der Waals surface area contributed by atoms with Crippen molar-refractivity contribution in [2.75, 3.05) is 6.26 Å². The van der Waals surface area contributed by atoms with E-state index in [1.807, 2.05) is 6.26 Å². The Labute approximate surface area is 48.0 Å². The molecule has 0 bridgehead atoms. The van der Waals surface area contributed by atoms with Crippen LogP contribution in [0.3, 0.4) is 0 Å². The van der Waals surface area contributed by atoms with Gasteiger partial charge in [0.15, 0.2) is 0 Å². The Kier molecular flexibility index (Phi) is 2.83. The zero-order valence-corrected chi connectivity index (χ0v) is 5.09. The Hall–Kier alpha value is -0.180. The smallest absolute Gasteiger partial charge is 0.104 e. The number of nitrogens with one attached hydrogen (secondary N) is 1. The summed E-state index contributed by atoms with van der Waals surface area (Å²) in [5, 5.41) is 6.73. The molecule has 0 heterocycles. The summed E-state index contributed by atoms with van der Waals surface area (Å²) in [7, 11) is 0. The predicted octanol–water partition coefficient (Wildman–Crippen LogP) is 0.488. The van der Waals surface area contributed by atoms with Crippen LogP contribution < -0.4 is 5.73 Å². The number of hydrogen-bond donors (Lipinski definition) is 2. The zero-order chi connectivity index (χ0) is 5.86. The van der Waals surface area contributed by atoms with Crippen molar-refractivity contribution in [3.05, 3.63) is 6.92 Å². The molecule has 0 spiro atoms. The van der Waals surface area contributed by atoms with Crippen molar-refractivity contribution >= 4 is 17.6 Å². The molecule has 0 aromatic rings. The Morgan fingerprint density at radius 2 is 2.43 bits per heavy atom. The van der Waals surface area contributed by atoms with E-state index in [9.17, 15) is 0 Å². The SMILES string of the molecule is [CH2]C(SC)C(=N)N. The highest BCUT2D eigenvalue weighted by Gasteiger charge is 1.98. The van der Waals surface area contributed by atoms with Crippen LogP contribution in [0, 0.1) is 12.3 Å². The van der Waals surface area contributed by atoms with Crippen LogP contribution in [0.4, 0.5) is 0 Å². The summed E-state index contributed by atoms with van der Waals surface area (Å²) in [5.41, 5.74) is 5.05. The second kappa shape index (κ2) is 2.91. The third-order valence-electron chi connectivity index (χ3n) is 0.631. The van der Waals surface area contributed by atoms with Crippen LogP contribution in [-0.4, -0.2) is 17.3 Å². The summed E-state index contributed by atoms with van der Waals surface area (Å²) < 4.78 is 0. The quantitative estimate of drug-likeness (QED) is 0.408. The molecule has 41 valence electrons. The van der Waals surface area contributed by atoms with Crippen LogP contribution in [0.2, 0.25) is 0 Å². The van der Waals surface area contributed by atoms with Gasteiger partial charge in [0.1, 0.15) is 5.84 Å². The molecule has 0 aromatic carbocycles. The van der Waals surface area contributed by atoms with Gasteiger partial charge in [-0.25, -0.2) is 0 Å². The standard InChI is InChI=1S/C4H9N2S/c1-3(7-2)4(5)6/h3H,1H2,2H3,(H3,5,6). The molecule has 2 nitrogen and oxygen atoms in total. The molecule has 0 saturated heterocycles. The minimum atomic E-state index is -0.0694. The van der Waals surface area contributed by atoms with Crippen molar-refractivity contribution in [3.63, 3.8) is 0 Å². The van der Waals surface area contributed by atoms with Crippen LogP contribution in [0.25, 0.3) is 0 Å². The average Bonchev–Trinajstić information content (AvgIpc) is 1.65. The lowest BCUT2D eigenvalue weighted by Gasteiger charge is -2.01. The van der Waals surface area contributed by atoms with E-state index in [-0.39, 0.29) is 11.1 Å². The highest BCUT2D eigenvalue weighted by Crippen LogP contribution is 2.01. The van der Waals surface area contributed by atoms with Gasteiger partial charge < -0.3 is 5.73 Å². The van der Waals surface area contributed by atoms with Crippen molar-refractivity contribution < 1.29 is 0 Å². The van der Waals surface area contributed by atoms with Crippen LogP contribution in [0.1, 0.15) is 0 Å². The van der Waals surface area contributed by atoms with Crippen LogP contribution in [0.15, 0.2) is 0 Å². The maximum Gasteiger partial charge on any atom is 0.104 e. The van der Waals surface area contributed by atoms with E-state index in [0.29, 0.717) is 0 Å². The molecule has 1 radical (unpaired) electrons. The van der Waals surface area contributed by atoms with Crippen molar-refractivity contribution in [3.8, 4) is 0 Å². The zero-order valence-electron chi connectivity index (χ0n) is 4.27. The Morgan fingerprint density at radius 1 is 2.00 bits per heavy atom.